The minimum atomic E-state index is -1.33. The van der Waals surface area contributed by atoms with Gasteiger partial charge in [-0.15, -0.1) is 0 Å². The molecule has 0 saturated heterocycles. The summed E-state index contributed by atoms with van der Waals surface area (Å²) in [5.41, 5.74) is 0. The zero-order chi connectivity index (χ0) is 11.7. The Kier molecular flexibility index (Phi) is 5.03. The smallest absolute Gasteiger partial charge is 0.0809 e. The minimum absolute atomic E-state index is 0.0736. The fraction of sp³-hybridized carbons (Fsp3) is 0.250. The van der Waals surface area contributed by atoms with Gasteiger partial charge in [-0.3, -0.25) is 4.21 Å². The molecule has 0 heterocycles. The number of halogens is 5. The molecule has 0 aromatic heterocycles. The van der Waals surface area contributed by atoms with Crippen molar-refractivity contribution >= 4 is 68.8 Å². The molecule has 1 nitrogen and oxygen atoms in total. The lowest BCUT2D eigenvalue weighted by Crippen LogP contribution is -1.98. The summed E-state index contributed by atoms with van der Waals surface area (Å²) >= 11 is 29.2. The SMILES string of the molecule is CC[S@](=O)c1c(Cl)c(Cl)c(Cl)c(Cl)c1Cl. The van der Waals surface area contributed by atoms with E-state index in [4.69, 9.17) is 58.0 Å². The van der Waals surface area contributed by atoms with Gasteiger partial charge in [0.25, 0.3) is 0 Å². The Hall–Kier alpha value is 0.820. The molecule has 0 aliphatic carbocycles. The van der Waals surface area contributed by atoms with Gasteiger partial charge in [0.2, 0.25) is 0 Å². The van der Waals surface area contributed by atoms with Crippen LogP contribution >= 0.6 is 58.0 Å². The van der Waals surface area contributed by atoms with Crippen molar-refractivity contribution in [2.24, 2.45) is 0 Å². The first-order chi connectivity index (χ1) is 6.91. The lowest BCUT2D eigenvalue weighted by molar-refractivity contribution is 0.684. The largest absolute Gasteiger partial charge is 0.254 e. The molecule has 0 N–H and O–H groups in total. The van der Waals surface area contributed by atoms with Crippen LogP contribution in [0.3, 0.4) is 0 Å². The maximum absolute atomic E-state index is 11.7. The first-order valence-electron chi connectivity index (χ1n) is 3.81. The number of benzene rings is 1. The molecule has 0 aliphatic heterocycles. The van der Waals surface area contributed by atoms with E-state index in [0.717, 1.165) is 0 Å². The number of hydrogen-bond donors (Lipinski definition) is 0. The fourth-order valence-corrected chi connectivity index (χ4v) is 3.59. The summed E-state index contributed by atoms with van der Waals surface area (Å²) in [5.74, 6) is 0.369. The van der Waals surface area contributed by atoms with Gasteiger partial charge in [-0.25, -0.2) is 0 Å². The highest BCUT2D eigenvalue weighted by Gasteiger charge is 2.22. The van der Waals surface area contributed by atoms with Crippen LogP contribution in [0.1, 0.15) is 6.92 Å². The zero-order valence-corrected chi connectivity index (χ0v) is 12.0. The highest BCUT2D eigenvalue weighted by atomic mass is 35.5. The molecule has 0 spiro atoms. The van der Waals surface area contributed by atoms with Crippen molar-refractivity contribution in [3.63, 3.8) is 0 Å². The molecule has 7 heteroatoms. The second-order valence-electron chi connectivity index (χ2n) is 2.53. The average Bonchev–Trinajstić information content (AvgIpc) is 2.23. The fourth-order valence-electron chi connectivity index (χ4n) is 0.929. The molecule has 0 amide bonds. The van der Waals surface area contributed by atoms with E-state index < -0.39 is 10.8 Å². The molecule has 1 rings (SSSR count). The van der Waals surface area contributed by atoms with Gasteiger partial charge in [0.05, 0.1) is 40.8 Å². The highest BCUT2D eigenvalue weighted by molar-refractivity contribution is 7.85. The van der Waals surface area contributed by atoms with E-state index in [9.17, 15) is 4.21 Å². The second-order valence-corrected chi connectivity index (χ2v) is 6.10. The number of hydrogen-bond acceptors (Lipinski definition) is 1. The molecule has 84 valence electrons. The minimum Gasteiger partial charge on any atom is -0.254 e. The first kappa shape index (κ1) is 13.9. The molecule has 1 atom stereocenters. The average molecular weight is 326 g/mol. The third-order valence-corrected chi connectivity index (χ3v) is 5.55. The molecule has 1 aromatic carbocycles. The third kappa shape index (κ3) is 2.56. The van der Waals surface area contributed by atoms with E-state index in [1.54, 1.807) is 6.92 Å². The van der Waals surface area contributed by atoms with E-state index in [1.807, 2.05) is 0 Å². The Morgan fingerprint density at radius 2 is 1.20 bits per heavy atom. The van der Waals surface area contributed by atoms with Crippen molar-refractivity contribution in [3.05, 3.63) is 25.1 Å². The topological polar surface area (TPSA) is 17.1 Å². The lowest BCUT2D eigenvalue weighted by atomic mass is 10.3. The number of rotatable bonds is 2. The van der Waals surface area contributed by atoms with E-state index in [-0.39, 0.29) is 30.0 Å². The molecule has 0 fully saturated rings. The molecule has 1 aromatic rings. The first-order valence-corrected chi connectivity index (χ1v) is 7.02. The van der Waals surface area contributed by atoms with E-state index >= 15 is 0 Å². The van der Waals surface area contributed by atoms with Gasteiger partial charge in [0.15, 0.2) is 0 Å². The predicted molar refractivity (Wildman–Crippen MR) is 68.4 cm³/mol. The second kappa shape index (κ2) is 5.44. The maximum atomic E-state index is 11.7. The summed E-state index contributed by atoms with van der Waals surface area (Å²) in [6.45, 7) is 1.74. The van der Waals surface area contributed by atoms with Gasteiger partial charge >= 0.3 is 0 Å². The van der Waals surface area contributed by atoms with E-state index in [0.29, 0.717) is 5.75 Å². The van der Waals surface area contributed by atoms with Crippen LogP contribution in [-0.4, -0.2) is 9.96 Å². The summed E-state index contributed by atoms with van der Waals surface area (Å²) in [6.07, 6.45) is 0. The van der Waals surface area contributed by atoms with Gasteiger partial charge in [-0.2, -0.15) is 0 Å². The Labute approximate surface area is 115 Å². The van der Waals surface area contributed by atoms with Gasteiger partial charge in [0, 0.05) is 5.75 Å². The summed E-state index contributed by atoms with van der Waals surface area (Å²) in [7, 11) is -1.33. The predicted octanol–water partition coefficient (Wildman–Crippen LogP) is 5.08. The van der Waals surface area contributed by atoms with Crippen molar-refractivity contribution in [3.8, 4) is 0 Å². The standard InChI is InChI=1S/C8H5Cl5OS/c1-2-15(14)8-6(12)4(10)3(9)5(11)7(8)13/h2H2,1H3/t15-/m0/s1. The Bertz CT molecular complexity index is 403. The van der Waals surface area contributed by atoms with Crippen LogP contribution in [0, 0.1) is 0 Å². The molecule has 0 unspecified atom stereocenters. The molecular weight excluding hydrogens is 321 g/mol. The molecule has 0 bridgehead atoms. The van der Waals surface area contributed by atoms with Crippen LogP contribution in [0.25, 0.3) is 0 Å². The van der Waals surface area contributed by atoms with Crippen molar-refractivity contribution in [1.82, 2.24) is 0 Å². The van der Waals surface area contributed by atoms with Crippen LogP contribution in [0.4, 0.5) is 0 Å². The molecular formula is C8H5Cl5OS. The maximum Gasteiger partial charge on any atom is 0.0809 e. The Balaban J connectivity index is 3.60. The van der Waals surface area contributed by atoms with Crippen molar-refractivity contribution in [2.75, 3.05) is 5.75 Å². The summed E-state index contributed by atoms with van der Waals surface area (Å²) < 4.78 is 11.7. The van der Waals surface area contributed by atoms with Crippen molar-refractivity contribution < 1.29 is 4.21 Å². The molecule has 0 saturated carbocycles. The van der Waals surface area contributed by atoms with Gasteiger partial charge in [0.1, 0.15) is 0 Å². The van der Waals surface area contributed by atoms with Crippen LogP contribution in [0.15, 0.2) is 4.90 Å². The molecule has 0 aliphatic rings. The molecule has 15 heavy (non-hydrogen) atoms. The highest BCUT2D eigenvalue weighted by Crippen LogP contribution is 2.45. The normalized spacial score (nSPS) is 12.9. The van der Waals surface area contributed by atoms with Crippen LogP contribution in [0.5, 0.6) is 0 Å². The van der Waals surface area contributed by atoms with E-state index in [2.05, 4.69) is 0 Å². The van der Waals surface area contributed by atoms with Crippen LogP contribution in [-0.2, 0) is 10.8 Å². The summed E-state index contributed by atoms with van der Waals surface area (Å²) in [5, 5.41) is 0.409. The quantitative estimate of drug-likeness (QED) is 0.547. The van der Waals surface area contributed by atoms with E-state index in [1.165, 1.54) is 0 Å². The monoisotopic (exact) mass is 324 g/mol. The van der Waals surface area contributed by atoms with Crippen LogP contribution in [0.2, 0.25) is 25.1 Å². The Morgan fingerprint density at radius 1 is 0.867 bits per heavy atom. The van der Waals surface area contributed by atoms with Crippen molar-refractivity contribution in [2.45, 2.75) is 11.8 Å². The van der Waals surface area contributed by atoms with Gasteiger partial charge < -0.3 is 0 Å². The Morgan fingerprint density at radius 3 is 1.53 bits per heavy atom. The van der Waals surface area contributed by atoms with Crippen molar-refractivity contribution in [1.29, 1.82) is 0 Å². The summed E-state index contributed by atoms with van der Waals surface area (Å²) in [6, 6.07) is 0. The van der Waals surface area contributed by atoms with Crippen LogP contribution < -0.4 is 0 Å². The summed E-state index contributed by atoms with van der Waals surface area (Å²) in [4.78, 5) is 0.236. The zero-order valence-electron chi connectivity index (χ0n) is 7.41. The lowest BCUT2D eigenvalue weighted by Gasteiger charge is -2.10. The van der Waals surface area contributed by atoms with Gasteiger partial charge in [-0.1, -0.05) is 64.9 Å². The van der Waals surface area contributed by atoms with Gasteiger partial charge in [-0.05, 0) is 0 Å². The third-order valence-electron chi connectivity index (χ3n) is 1.66. The molecule has 0 radical (unpaired) electrons.